The zero-order valence-electron chi connectivity index (χ0n) is 17.2. The maximum Gasteiger partial charge on any atom is 0.271 e. The highest BCUT2D eigenvalue weighted by Gasteiger charge is 2.18. The van der Waals surface area contributed by atoms with Crippen molar-refractivity contribution < 1.29 is 13.2 Å². The minimum absolute atomic E-state index is 0.238. The number of thiophene rings is 1. The predicted molar refractivity (Wildman–Crippen MR) is 123 cm³/mol. The molecule has 0 spiro atoms. The largest absolute Gasteiger partial charge is 0.497 e. The highest BCUT2D eigenvalue weighted by Crippen LogP contribution is 2.25. The molecule has 4 aromatic rings. The van der Waals surface area contributed by atoms with Crippen molar-refractivity contribution in [1.82, 2.24) is 9.55 Å². The summed E-state index contributed by atoms with van der Waals surface area (Å²) in [5.41, 5.74) is 1.18. The van der Waals surface area contributed by atoms with Crippen LogP contribution in [0, 0.1) is 6.92 Å². The maximum absolute atomic E-state index is 13.3. The van der Waals surface area contributed by atoms with E-state index in [1.807, 2.05) is 6.92 Å². The molecule has 0 unspecified atom stereocenters. The van der Waals surface area contributed by atoms with E-state index in [1.165, 1.54) is 22.0 Å². The smallest absolute Gasteiger partial charge is 0.271 e. The van der Waals surface area contributed by atoms with E-state index in [0.717, 1.165) is 11.3 Å². The minimum atomic E-state index is -3.74. The molecule has 0 atom stereocenters. The average molecular weight is 456 g/mol. The van der Waals surface area contributed by atoms with Gasteiger partial charge in [-0.3, -0.25) is 14.1 Å². The van der Waals surface area contributed by atoms with Gasteiger partial charge in [0, 0.05) is 10.6 Å². The van der Waals surface area contributed by atoms with Crippen molar-refractivity contribution in [1.29, 1.82) is 0 Å². The van der Waals surface area contributed by atoms with Crippen LogP contribution in [0.3, 0.4) is 0 Å². The molecule has 2 aromatic carbocycles. The second-order valence-electron chi connectivity index (χ2n) is 6.91. The fraction of sp³-hybridized carbons (Fsp3) is 0.182. The molecule has 9 heteroatoms. The maximum atomic E-state index is 13.3. The van der Waals surface area contributed by atoms with Crippen molar-refractivity contribution in [3.63, 3.8) is 0 Å². The lowest BCUT2D eigenvalue weighted by Crippen LogP contribution is -2.22. The first-order chi connectivity index (χ1) is 14.8. The van der Waals surface area contributed by atoms with E-state index in [1.54, 1.807) is 62.6 Å². The summed E-state index contributed by atoms with van der Waals surface area (Å²) < 4.78 is 35.0. The topological polar surface area (TPSA) is 90.3 Å². The Balaban J connectivity index is 1.76. The van der Waals surface area contributed by atoms with E-state index in [0.29, 0.717) is 33.9 Å². The molecule has 2 aromatic heterocycles. The van der Waals surface area contributed by atoms with Crippen LogP contribution in [0.15, 0.2) is 63.6 Å². The number of anilines is 1. The van der Waals surface area contributed by atoms with Crippen molar-refractivity contribution >= 4 is 38.0 Å². The molecule has 0 bridgehead atoms. The van der Waals surface area contributed by atoms with Gasteiger partial charge in [0.15, 0.2) is 0 Å². The van der Waals surface area contributed by atoms with Gasteiger partial charge in [-0.25, -0.2) is 13.4 Å². The van der Waals surface area contributed by atoms with Gasteiger partial charge in [-0.05, 0) is 67.9 Å². The summed E-state index contributed by atoms with van der Waals surface area (Å²) in [6, 6.07) is 15.3. The molecule has 0 fully saturated rings. The van der Waals surface area contributed by atoms with Gasteiger partial charge < -0.3 is 4.74 Å². The molecular formula is C22H21N3O4S2. The summed E-state index contributed by atoms with van der Waals surface area (Å²) in [5, 5.41) is 0.321. The predicted octanol–water partition coefficient (Wildman–Crippen LogP) is 4.13. The Morgan fingerprint density at radius 2 is 1.84 bits per heavy atom. The fourth-order valence-corrected chi connectivity index (χ4v) is 5.64. The third-order valence-electron chi connectivity index (χ3n) is 4.87. The Morgan fingerprint density at radius 1 is 1.10 bits per heavy atom. The fourth-order valence-electron chi connectivity index (χ4n) is 3.29. The van der Waals surface area contributed by atoms with Crippen LogP contribution in [0.5, 0.6) is 5.75 Å². The zero-order valence-corrected chi connectivity index (χ0v) is 18.9. The van der Waals surface area contributed by atoms with E-state index < -0.39 is 10.0 Å². The summed E-state index contributed by atoms with van der Waals surface area (Å²) in [6.45, 7) is 3.73. The first kappa shape index (κ1) is 21.1. The molecule has 31 heavy (non-hydrogen) atoms. The Labute approximate surface area is 184 Å². The Hall–Kier alpha value is -3.17. The molecule has 0 radical (unpaired) electrons. The number of sulfonamides is 1. The Kier molecular flexibility index (Phi) is 5.55. The van der Waals surface area contributed by atoms with E-state index in [2.05, 4.69) is 9.71 Å². The minimum Gasteiger partial charge on any atom is -0.497 e. The summed E-state index contributed by atoms with van der Waals surface area (Å²) >= 11 is 1.23. The summed E-state index contributed by atoms with van der Waals surface area (Å²) in [6.07, 6.45) is 0.770. The number of fused-ring (bicyclic) bond motifs is 1. The van der Waals surface area contributed by atoms with Gasteiger partial charge in [0.05, 0.1) is 23.7 Å². The van der Waals surface area contributed by atoms with E-state index in [9.17, 15) is 13.2 Å². The molecule has 0 aliphatic rings. The Bertz CT molecular complexity index is 1420. The van der Waals surface area contributed by atoms with Crippen molar-refractivity contribution in [2.75, 3.05) is 11.8 Å². The lowest BCUT2D eigenvalue weighted by molar-refractivity contribution is 0.414. The number of benzene rings is 2. The number of aryl methyl sites for hydroxylation is 2. The molecule has 0 saturated carbocycles. The quantitative estimate of drug-likeness (QED) is 0.472. The van der Waals surface area contributed by atoms with Crippen LogP contribution in [0.2, 0.25) is 0 Å². The van der Waals surface area contributed by atoms with Crippen LogP contribution < -0.4 is 15.0 Å². The van der Waals surface area contributed by atoms with Crippen LogP contribution >= 0.6 is 11.3 Å². The zero-order chi connectivity index (χ0) is 22.2. The van der Waals surface area contributed by atoms with Gasteiger partial charge >= 0.3 is 0 Å². The van der Waals surface area contributed by atoms with Crippen LogP contribution in [0.1, 0.15) is 17.6 Å². The molecule has 0 amide bonds. The Morgan fingerprint density at radius 3 is 2.48 bits per heavy atom. The van der Waals surface area contributed by atoms with Crippen molar-refractivity contribution in [3.8, 4) is 11.4 Å². The number of nitrogens with one attached hydrogen (secondary N) is 1. The highest BCUT2D eigenvalue weighted by atomic mass is 32.2. The van der Waals surface area contributed by atoms with Gasteiger partial charge in [-0.15, -0.1) is 11.3 Å². The van der Waals surface area contributed by atoms with Crippen LogP contribution in [0.4, 0.5) is 5.69 Å². The van der Waals surface area contributed by atoms with Crippen molar-refractivity contribution in [2.24, 2.45) is 0 Å². The number of nitrogens with zero attached hydrogens (tertiary/aromatic N) is 2. The first-order valence-corrected chi connectivity index (χ1v) is 11.9. The highest BCUT2D eigenvalue weighted by molar-refractivity contribution is 7.94. The van der Waals surface area contributed by atoms with Gasteiger partial charge in [-0.1, -0.05) is 6.92 Å². The monoisotopic (exact) mass is 455 g/mol. The molecule has 4 rings (SSSR count). The third kappa shape index (κ3) is 4.06. The molecule has 2 heterocycles. The summed E-state index contributed by atoms with van der Waals surface area (Å²) in [4.78, 5) is 18.8. The van der Waals surface area contributed by atoms with Crippen molar-refractivity contribution in [2.45, 2.75) is 24.5 Å². The van der Waals surface area contributed by atoms with Crippen LogP contribution in [-0.2, 0) is 16.4 Å². The van der Waals surface area contributed by atoms with Gasteiger partial charge in [-0.2, -0.15) is 0 Å². The molecule has 7 nitrogen and oxygen atoms in total. The van der Waals surface area contributed by atoms with E-state index >= 15 is 0 Å². The average Bonchev–Trinajstić information content (AvgIpc) is 3.25. The number of ether oxygens (including phenoxy) is 1. The van der Waals surface area contributed by atoms with Crippen molar-refractivity contribution in [3.05, 3.63) is 75.7 Å². The number of hydrogen-bond acceptors (Lipinski definition) is 6. The second kappa shape index (κ2) is 8.16. The number of rotatable bonds is 6. The van der Waals surface area contributed by atoms with Gasteiger partial charge in [0.1, 0.15) is 15.8 Å². The molecule has 0 aliphatic heterocycles. The molecule has 1 N–H and O–H groups in total. The second-order valence-corrected chi connectivity index (χ2v) is 9.99. The molecule has 160 valence electrons. The van der Waals surface area contributed by atoms with Gasteiger partial charge in [0.2, 0.25) is 0 Å². The lowest BCUT2D eigenvalue weighted by atomic mass is 10.2. The van der Waals surface area contributed by atoms with Crippen LogP contribution in [-0.4, -0.2) is 25.1 Å². The normalized spacial score (nSPS) is 11.6. The summed E-state index contributed by atoms with van der Waals surface area (Å²) in [5.74, 6) is 1.21. The summed E-state index contributed by atoms with van der Waals surface area (Å²) in [7, 11) is -2.16. The molecular weight excluding hydrogens is 434 g/mol. The number of hydrogen-bond donors (Lipinski definition) is 1. The third-order valence-corrected chi connectivity index (χ3v) is 7.97. The van der Waals surface area contributed by atoms with E-state index in [-0.39, 0.29) is 9.77 Å². The van der Waals surface area contributed by atoms with Gasteiger partial charge in [0.25, 0.3) is 15.6 Å². The number of methoxy groups -OCH3 is 1. The first-order valence-electron chi connectivity index (χ1n) is 9.62. The molecule has 0 aliphatic carbocycles. The lowest BCUT2D eigenvalue weighted by Gasteiger charge is -2.12. The van der Waals surface area contributed by atoms with Crippen LogP contribution in [0.25, 0.3) is 16.6 Å². The number of aromatic nitrogens is 2. The SMILES string of the molecule is CCc1ccc(S(=O)(=O)Nc2ccc3nc(C)n(-c4ccc(OC)cc4)c(=O)c3c2)s1. The van der Waals surface area contributed by atoms with E-state index in [4.69, 9.17) is 4.74 Å². The molecule has 0 saturated heterocycles. The standard InChI is InChI=1S/C22H21N3O4S2/c1-4-18-10-12-21(30-18)31(27,28)24-15-5-11-20-19(13-15)22(26)25(14(2)23-20)16-6-8-17(29-3)9-7-16/h5-13,24H,4H2,1-3H3.